The van der Waals surface area contributed by atoms with E-state index in [1.165, 1.54) is 19.3 Å². The summed E-state index contributed by atoms with van der Waals surface area (Å²) in [4.78, 5) is 46.1. The van der Waals surface area contributed by atoms with Crippen molar-refractivity contribution < 1.29 is 32.7 Å². The van der Waals surface area contributed by atoms with Gasteiger partial charge in [0.1, 0.15) is 5.82 Å². The maximum absolute atomic E-state index is 13.4. The van der Waals surface area contributed by atoms with Crippen molar-refractivity contribution in [3.05, 3.63) is 24.4 Å². The number of carbonyl (C=O) groups is 3. The van der Waals surface area contributed by atoms with Crippen LogP contribution < -0.4 is 4.90 Å². The van der Waals surface area contributed by atoms with Gasteiger partial charge in [-0.1, -0.05) is 25.3 Å². The summed E-state index contributed by atoms with van der Waals surface area (Å²) in [6.07, 6.45) is 4.11. The number of rotatable bonds is 3. The fourth-order valence-corrected chi connectivity index (χ4v) is 5.75. The zero-order valence-electron chi connectivity index (χ0n) is 20.8. The molecule has 1 N–H and O–H groups in total. The van der Waals surface area contributed by atoms with Gasteiger partial charge >= 0.3 is 12.1 Å². The largest absolute Gasteiger partial charge is 0.490 e. The van der Waals surface area contributed by atoms with Crippen molar-refractivity contribution in [2.75, 3.05) is 45.2 Å². The Balaban J connectivity index is 0.000000454. The molecule has 2 amide bonds. The number of amides is 2. The second kappa shape index (κ2) is 11.5. The summed E-state index contributed by atoms with van der Waals surface area (Å²) in [7, 11) is 3.71. The van der Waals surface area contributed by atoms with Gasteiger partial charge in [0.25, 0.3) is 0 Å². The van der Waals surface area contributed by atoms with Crippen molar-refractivity contribution in [3.63, 3.8) is 0 Å². The molecule has 1 aliphatic carbocycles. The van der Waals surface area contributed by atoms with Crippen molar-refractivity contribution >= 4 is 23.6 Å². The number of carboxylic acid groups (broad SMARTS) is 1. The first-order valence-corrected chi connectivity index (χ1v) is 12.4. The average Bonchev–Trinajstić information content (AvgIpc) is 3.12. The third kappa shape index (κ3) is 6.28. The van der Waals surface area contributed by atoms with Crippen LogP contribution >= 0.6 is 0 Å². The van der Waals surface area contributed by atoms with Crippen LogP contribution in [0.15, 0.2) is 24.4 Å². The lowest BCUT2D eigenvalue weighted by Gasteiger charge is -2.35. The minimum absolute atomic E-state index is 0.148. The summed E-state index contributed by atoms with van der Waals surface area (Å²) in [5, 5.41) is 7.12. The smallest absolute Gasteiger partial charge is 0.475 e. The molecule has 4 rings (SSSR count). The standard InChI is InChI=1S/C23H34N4O2.C2HF3O2/c1-25(2)22(29)23-12-8-14-26(21(28)18-9-4-3-5-10-18)15-19(23)16-27(17-23)20-11-6-7-13-24-20;3-2(4,5)1(6)7/h6-7,11,13,18-19H,3-5,8-10,12,14-17H2,1-2H3;(H,6,7)/t19-,23-;/m0./s1. The van der Waals surface area contributed by atoms with Gasteiger partial charge in [-0.25, -0.2) is 9.78 Å². The number of aromatic nitrogens is 1. The maximum Gasteiger partial charge on any atom is 0.490 e. The van der Waals surface area contributed by atoms with Crippen LogP contribution in [-0.2, 0) is 14.4 Å². The van der Waals surface area contributed by atoms with E-state index in [1.54, 1.807) is 4.90 Å². The third-order valence-corrected chi connectivity index (χ3v) is 7.50. The number of aliphatic carboxylic acids is 1. The normalized spacial score (nSPS) is 24.8. The Bertz CT molecular complexity index is 922. The van der Waals surface area contributed by atoms with Crippen molar-refractivity contribution in [2.45, 2.75) is 51.1 Å². The number of carbonyl (C=O) groups excluding carboxylic acids is 2. The molecule has 36 heavy (non-hydrogen) atoms. The number of likely N-dealkylation sites (tertiary alicyclic amines) is 1. The van der Waals surface area contributed by atoms with Crippen molar-refractivity contribution in [2.24, 2.45) is 17.3 Å². The Morgan fingerprint density at radius 3 is 2.31 bits per heavy atom. The molecule has 0 spiro atoms. The van der Waals surface area contributed by atoms with Crippen LogP contribution in [0.1, 0.15) is 44.9 Å². The first-order chi connectivity index (χ1) is 17.0. The van der Waals surface area contributed by atoms with E-state index in [0.717, 1.165) is 44.6 Å². The van der Waals surface area contributed by atoms with Crippen molar-refractivity contribution in [1.29, 1.82) is 0 Å². The molecule has 1 aromatic rings. The molecule has 11 heteroatoms. The minimum Gasteiger partial charge on any atom is -0.475 e. The number of carboxylic acids is 1. The van der Waals surface area contributed by atoms with Crippen molar-refractivity contribution in [3.8, 4) is 0 Å². The molecular formula is C25H35F3N4O4. The van der Waals surface area contributed by atoms with Crippen LogP contribution in [-0.4, -0.2) is 84.1 Å². The quantitative estimate of drug-likeness (QED) is 0.667. The van der Waals surface area contributed by atoms with Gasteiger partial charge in [0, 0.05) is 58.3 Å². The molecule has 0 unspecified atom stereocenters. The highest BCUT2D eigenvalue weighted by molar-refractivity contribution is 5.85. The number of fused-ring (bicyclic) bond motifs is 1. The molecular weight excluding hydrogens is 477 g/mol. The van der Waals surface area contributed by atoms with E-state index in [1.807, 2.05) is 38.5 Å². The lowest BCUT2D eigenvalue weighted by atomic mass is 9.74. The maximum atomic E-state index is 13.4. The molecule has 3 fully saturated rings. The summed E-state index contributed by atoms with van der Waals surface area (Å²) in [5.74, 6) is -0.963. The fourth-order valence-electron chi connectivity index (χ4n) is 5.75. The SMILES string of the molecule is CN(C)C(=O)[C@]12CCCN(C(=O)C3CCCCC3)C[C@H]1CN(c1ccccn1)C2.O=C(O)C(F)(F)F. The highest BCUT2D eigenvalue weighted by Gasteiger charge is 2.54. The second-order valence-corrected chi connectivity index (χ2v) is 10.1. The summed E-state index contributed by atoms with van der Waals surface area (Å²) in [6.45, 7) is 2.96. The molecule has 1 aromatic heterocycles. The highest BCUT2D eigenvalue weighted by Crippen LogP contribution is 2.45. The number of hydrogen-bond donors (Lipinski definition) is 1. The van der Waals surface area contributed by atoms with Crippen LogP contribution in [0.3, 0.4) is 0 Å². The first-order valence-electron chi connectivity index (χ1n) is 12.4. The molecule has 3 heterocycles. The van der Waals surface area contributed by atoms with Gasteiger partial charge in [-0.3, -0.25) is 9.59 Å². The summed E-state index contributed by atoms with van der Waals surface area (Å²) < 4.78 is 31.7. The van der Waals surface area contributed by atoms with E-state index in [9.17, 15) is 22.8 Å². The topological polar surface area (TPSA) is 94.1 Å². The van der Waals surface area contributed by atoms with Gasteiger partial charge in [0.15, 0.2) is 0 Å². The molecule has 2 saturated heterocycles. The number of alkyl halides is 3. The van der Waals surface area contributed by atoms with Gasteiger partial charge in [0.2, 0.25) is 11.8 Å². The van der Waals surface area contributed by atoms with Crippen LogP contribution in [0.2, 0.25) is 0 Å². The number of anilines is 1. The summed E-state index contributed by atoms with van der Waals surface area (Å²) >= 11 is 0. The van der Waals surface area contributed by atoms with E-state index in [2.05, 4.69) is 14.8 Å². The van der Waals surface area contributed by atoms with E-state index < -0.39 is 17.6 Å². The molecule has 0 radical (unpaired) electrons. The van der Waals surface area contributed by atoms with Gasteiger partial charge in [-0.05, 0) is 37.8 Å². The molecule has 200 valence electrons. The Morgan fingerprint density at radius 1 is 1.08 bits per heavy atom. The highest BCUT2D eigenvalue weighted by atomic mass is 19.4. The summed E-state index contributed by atoms with van der Waals surface area (Å²) in [5.41, 5.74) is -0.428. The van der Waals surface area contributed by atoms with Gasteiger partial charge in [0.05, 0.1) is 5.41 Å². The zero-order chi connectivity index (χ0) is 26.5. The first kappa shape index (κ1) is 27.7. The Kier molecular flexibility index (Phi) is 8.84. The Hall–Kier alpha value is -2.85. The van der Waals surface area contributed by atoms with Gasteiger partial charge in [-0.2, -0.15) is 13.2 Å². The molecule has 0 aromatic carbocycles. The molecule has 2 atom stereocenters. The molecule has 3 aliphatic rings. The van der Waals surface area contributed by atoms with Crippen LogP contribution in [0.4, 0.5) is 19.0 Å². The van der Waals surface area contributed by atoms with E-state index in [-0.39, 0.29) is 17.7 Å². The molecule has 8 nitrogen and oxygen atoms in total. The van der Waals surface area contributed by atoms with E-state index in [0.29, 0.717) is 19.0 Å². The molecule has 2 aliphatic heterocycles. The third-order valence-electron chi connectivity index (χ3n) is 7.50. The number of pyridine rings is 1. The van der Waals surface area contributed by atoms with Crippen molar-refractivity contribution in [1.82, 2.24) is 14.8 Å². The zero-order valence-corrected chi connectivity index (χ0v) is 20.8. The second-order valence-electron chi connectivity index (χ2n) is 10.1. The predicted molar refractivity (Wildman–Crippen MR) is 127 cm³/mol. The average molecular weight is 513 g/mol. The Morgan fingerprint density at radius 2 is 1.75 bits per heavy atom. The number of hydrogen-bond acceptors (Lipinski definition) is 5. The molecule has 0 bridgehead atoms. The summed E-state index contributed by atoms with van der Waals surface area (Å²) in [6, 6.07) is 5.93. The van der Waals surface area contributed by atoms with Gasteiger partial charge < -0.3 is 19.8 Å². The monoisotopic (exact) mass is 512 g/mol. The lowest BCUT2D eigenvalue weighted by molar-refractivity contribution is -0.192. The molecule has 1 saturated carbocycles. The van der Waals surface area contributed by atoms with Crippen LogP contribution in [0.25, 0.3) is 0 Å². The number of halogens is 3. The van der Waals surface area contributed by atoms with E-state index in [4.69, 9.17) is 9.90 Å². The fraction of sp³-hybridized carbons (Fsp3) is 0.680. The van der Waals surface area contributed by atoms with Gasteiger partial charge in [-0.15, -0.1) is 0 Å². The number of nitrogens with zero attached hydrogens (tertiary/aromatic N) is 4. The Labute approximate surface area is 209 Å². The lowest BCUT2D eigenvalue weighted by Crippen LogP contribution is -2.48. The minimum atomic E-state index is -5.08. The predicted octanol–water partition coefficient (Wildman–Crippen LogP) is 3.43. The van der Waals surface area contributed by atoms with E-state index >= 15 is 0 Å². The van der Waals surface area contributed by atoms with Crippen LogP contribution in [0, 0.1) is 17.3 Å². The van der Waals surface area contributed by atoms with Crippen LogP contribution in [0.5, 0.6) is 0 Å².